The Bertz CT molecular complexity index is 1160. The number of carbonyl (C=O) groups is 1. The maximum atomic E-state index is 12.3. The number of anilines is 1. The molecule has 0 fully saturated rings. The molecule has 3 heterocycles. The fourth-order valence-corrected chi connectivity index (χ4v) is 3.69. The highest BCUT2D eigenvalue weighted by molar-refractivity contribution is 7.14. The lowest BCUT2D eigenvalue weighted by Gasteiger charge is -1.99. The molecule has 148 valence electrons. The molecule has 0 aliphatic rings. The second-order valence-corrected chi connectivity index (χ2v) is 7.63. The van der Waals surface area contributed by atoms with Crippen molar-refractivity contribution in [1.82, 2.24) is 24.9 Å². The first kappa shape index (κ1) is 19.0. The van der Waals surface area contributed by atoms with E-state index in [9.17, 15) is 4.79 Å². The Morgan fingerprint density at radius 2 is 2.14 bits per heavy atom. The van der Waals surface area contributed by atoms with E-state index < -0.39 is 0 Å². The molecule has 0 saturated heterocycles. The fraction of sp³-hybridized carbons (Fsp3) is 0.250. The van der Waals surface area contributed by atoms with Gasteiger partial charge in [0.15, 0.2) is 5.13 Å². The van der Waals surface area contributed by atoms with Crippen LogP contribution >= 0.6 is 11.3 Å². The van der Waals surface area contributed by atoms with E-state index in [2.05, 4.69) is 25.5 Å². The third-order valence-electron chi connectivity index (χ3n) is 4.35. The molecule has 0 radical (unpaired) electrons. The van der Waals surface area contributed by atoms with Crippen molar-refractivity contribution in [1.29, 1.82) is 0 Å². The zero-order valence-corrected chi connectivity index (χ0v) is 17.2. The van der Waals surface area contributed by atoms with E-state index >= 15 is 0 Å². The van der Waals surface area contributed by atoms with Gasteiger partial charge in [0.1, 0.15) is 0 Å². The van der Waals surface area contributed by atoms with Crippen molar-refractivity contribution in [2.45, 2.75) is 26.7 Å². The van der Waals surface area contributed by atoms with Gasteiger partial charge in [0.25, 0.3) is 0 Å². The predicted molar refractivity (Wildman–Crippen MR) is 110 cm³/mol. The number of carbonyl (C=O) groups excluding carboxylic acids is 1. The lowest BCUT2D eigenvalue weighted by molar-refractivity contribution is -0.116. The summed E-state index contributed by atoms with van der Waals surface area (Å²) < 4.78 is 7.02. The van der Waals surface area contributed by atoms with Gasteiger partial charge in [-0.1, -0.05) is 28.9 Å². The Morgan fingerprint density at radius 1 is 1.28 bits per heavy atom. The van der Waals surface area contributed by atoms with Gasteiger partial charge in [0, 0.05) is 42.6 Å². The van der Waals surface area contributed by atoms with E-state index in [-0.39, 0.29) is 12.3 Å². The number of aryl methyl sites for hydroxylation is 4. The second kappa shape index (κ2) is 7.96. The average Bonchev–Trinajstić information content (AvgIpc) is 3.40. The van der Waals surface area contributed by atoms with E-state index in [1.54, 1.807) is 4.68 Å². The molecule has 29 heavy (non-hydrogen) atoms. The lowest BCUT2D eigenvalue weighted by atomic mass is 10.1. The summed E-state index contributed by atoms with van der Waals surface area (Å²) in [4.78, 5) is 21.1. The predicted octanol–water partition coefficient (Wildman–Crippen LogP) is 3.78. The fourth-order valence-electron chi connectivity index (χ4n) is 2.97. The summed E-state index contributed by atoms with van der Waals surface area (Å²) in [5, 5.41) is 13.6. The number of amides is 1. The quantitative estimate of drug-likeness (QED) is 0.521. The van der Waals surface area contributed by atoms with Crippen LogP contribution in [-0.2, 0) is 18.3 Å². The van der Waals surface area contributed by atoms with Crippen LogP contribution < -0.4 is 5.32 Å². The van der Waals surface area contributed by atoms with Gasteiger partial charge >= 0.3 is 0 Å². The van der Waals surface area contributed by atoms with Gasteiger partial charge in [-0.05, 0) is 19.9 Å². The van der Waals surface area contributed by atoms with Gasteiger partial charge in [-0.25, -0.2) is 4.98 Å². The van der Waals surface area contributed by atoms with Crippen molar-refractivity contribution in [3.8, 4) is 22.6 Å². The monoisotopic (exact) mass is 408 g/mol. The number of benzene rings is 1. The summed E-state index contributed by atoms with van der Waals surface area (Å²) in [7, 11) is 1.87. The van der Waals surface area contributed by atoms with Crippen LogP contribution in [0.4, 0.5) is 5.13 Å². The minimum Gasteiger partial charge on any atom is -0.339 e. The molecule has 4 rings (SSSR count). The van der Waals surface area contributed by atoms with Gasteiger partial charge < -0.3 is 9.84 Å². The van der Waals surface area contributed by atoms with Gasteiger partial charge in [-0.3, -0.25) is 9.48 Å². The van der Waals surface area contributed by atoms with E-state index in [0.29, 0.717) is 23.3 Å². The van der Waals surface area contributed by atoms with Crippen LogP contribution in [0.3, 0.4) is 0 Å². The first-order valence-electron chi connectivity index (χ1n) is 9.13. The molecule has 0 aliphatic heterocycles. The first-order valence-corrected chi connectivity index (χ1v) is 10.0. The van der Waals surface area contributed by atoms with Crippen molar-refractivity contribution in [3.63, 3.8) is 0 Å². The molecule has 1 amide bonds. The smallest absolute Gasteiger partial charge is 0.227 e. The molecule has 0 saturated carbocycles. The highest BCUT2D eigenvalue weighted by atomic mass is 32.1. The van der Waals surface area contributed by atoms with Crippen LogP contribution in [0.1, 0.15) is 23.6 Å². The maximum absolute atomic E-state index is 12.3. The molecular formula is C20H20N6O2S. The van der Waals surface area contributed by atoms with Crippen molar-refractivity contribution >= 4 is 22.4 Å². The molecule has 8 nitrogen and oxygen atoms in total. The summed E-state index contributed by atoms with van der Waals surface area (Å²) in [6.45, 7) is 3.94. The number of rotatable bonds is 6. The Labute approximate surface area is 171 Å². The first-order chi connectivity index (χ1) is 14.0. The molecule has 0 unspecified atom stereocenters. The molecule has 0 atom stereocenters. The number of thiazole rings is 1. The molecule has 4 aromatic rings. The van der Waals surface area contributed by atoms with Crippen LogP contribution in [-0.4, -0.2) is 30.8 Å². The molecule has 3 aromatic heterocycles. The molecule has 0 spiro atoms. The minimum absolute atomic E-state index is 0.149. The molecule has 0 bridgehead atoms. The average molecular weight is 408 g/mol. The molecule has 0 aliphatic carbocycles. The summed E-state index contributed by atoms with van der Waals surface area (Å²) >= 11 is 1.38. The SMILES string of the molecule is Cc1cccc(-c2noc(CCC(=O)Nc3nc(-c4cn(C)nc4C)cs3)n2)c1. The summed E-state index contributed by atoms with van der Waals surface area (Å²) in [6, 6.07) is 7.88. The zero-order chi connectivity index (χ0) is 20.4. The summed E-state index contributed by atoms with van der Waals surface area (Å²) in [5.41, 5.74) is 4.67. The van der Waals surface area contributed by atoms with Crippen LogP contribution in [0.2, 0.25) is 0 Å². The van der Waals surface area contributed by atoms with Crippen molar-refractivity contribution in [3.05, 3.63) is 53.0 Å². The second-order valence-electron chi connectivity index (χ2n) is 6.77. The van der Waals surface area contributed by atoms with E-state index in [1.807, 2.05) is 56.7 Å². The van der Waals surface area contributed by atoms with Crippen LogP contribution in [0.5, 0.6) is 0 Å². The Morgan fingerprint density at radius 3 is 2.90 bits per heavy atom. The number of hydrogen-bond donors (Lipinski definition) is 1. The Hall–Kier alpha value is -3.33. The van der Waals surface area contributed by atoms with Crippen molar-refractivity contribution in [2.24, 2.45) is 7.05 Å². The van der Waals surface area contributed by atoms with Crippen LogP contribution in [0.25, 0.3) is 22.6 Å². The number of nitrogens with zero attached hydrogens (tertiary/aromatic N) is 5. The van der Waals surface area contributed by atoms with Crippen LogP contribution in [0.15, 0.2) is 40.4 Å². The molecule has 1 aromatic carbocycles. The van der Waals surface area contributed by atoms with Gasteiger partial charge in [-0.15, -0.1) is 11.3 Å². The number of nitrogens with one attached hydrogen (secondary N) is 1. The topological polar surface area (TPSA) is 98.7 Å². The lowest BCUT2D eigenvalue weighted by Crippen LogP contribution is -2.12. The zero-order valence-electron chi connectivity index (χ0n) is 16.3. The Balaban J connectivity index is 1.35. The van der Waals surface area contributed by atoms with E-state index in [0.717, 1.165) is 28.1 Å². The van der Waals surface area contributed by atoms with Crippen molar-refractivity contribution in [2.75, 3.05) is 5.32 Å². The third kappa shape index (κ3) is 4.40. The highest BCUT2D eigenvalue weighted by Gasteiger charge is 2.14. The van der Waals surface area contributed by atoms with Crippen molar-refractivity contribution < 1.29 is 9.32 Å². The summed E-state index contributed by atoms with van der Waals surface area (Å²) in [5.74, 6) is 0.812. The molecule has 9 heteroatoms. The normalized spacial score (nSPS) is 11.0. The molecular weight excluding hydrogens is 388 g/mol. The van der Waals surface area contributed by atoms with Gasteiger partial charge in [0.05, 0.1) is 11.4 Å². The minimum atomic E-state index is -0.149. The third-order valence-corrected chi connectivity index (χ3v) is 5.11. The number of aromatic nitrogens is 5. The molecule has 1 N–H and O–H groups in total. The maximum Gasteiger partial charge on any atom is 0.227 e. The van der Waals surface area contributed by atoms with E-state index in [4.69, 9.17) is 4.52 Å². The van der Waals surface area contributed by atoms with Crippen LogP contribution in [0, 0.1) is 13.8 Å². The van der Waals surface area contributed by atoms with E-state index in [1.165, 1.54) is 11.3 Å². The summed E-state index contributed by atoms with van der Waals surface area (Å²) in [6.07, 6.45) is 2.51. The number of hydrogen-bond acceptors (Lipinski definition) is 7. The standard InChI is InChI=1S/C20H20N6O2S/c1-12-5-4-6-14(9-12)19-23-18(28-25-19)8-7-17(27)22-20-21-16(11-29-20)15-10-26(3)24-13(15)2/h4-6,9-11H,7-8H2,1-3H3,(H,21,22,27). The Kier molecular flexibility index (Phi) is 5.22. The van der Waals surface area contributed by atoms with Gasteiger partial charge in [-0.2, -0.15) is 10.1 Å². The largest absolute Gasteiger partial charge is 0.339 e. The highest BCUT2D eigenvalue weighted by Crippen LogP contribution is 2.27. The van der Waals surface area contributed by atoms with Gasteiger partial charge in [0.2, 0.25) is 17.6 Å².